The number of aliphatic hydroxyl groups is 5. The van der Waals surface area contributed by atoms with E-state index in [9.17, 15) is 39.8 Å². The maximum Gasteiger partial charge on any atom is 0.472 e. The lowest BCUT2D eigenvalue weighted by Gasteiger charge is -2.41. The highest BCUT2D eigenvalue weighted by molar-refractivity contribution is 7.47. The van der Waals surface area contributed by atoms with Crippen molar-refractivity contribution in [2.24, 2.45) is 0 Å². The minimum atomic E-state index is -5.05. The highest BCUT2D eigenvalue weighted by Gasteiger charge is 2.51. The van der Waals surface area contributed by atoms with Crippen LogP contribution in [0.3, 0.4) is 0 Å². The molecule has 0 aromatic rings. The van der Waals surface area contributed by atoms with Gasteiger partial charge >= 0.3 is 13.8 Å². The molecule has 6 unspecified atom stereocenters. The molecular weight excluding hydrogens is 932 g/mol. The highest BCUT2D eigenvalue weighted by Crippen LogP contribution is 2.47. The minimum Gasteiger partial charge on any atom is -0.457 e. The van der Waals surface area contributed by atoms with Crippen LogP contribution in [0.2, 0.25) is 0 Å². The normalized spacial score (nSPS) is 21.7. The Bertz CT molecular complexity index is 1690. The summed E-state index contributed by atoms with van der Waals surface area (Å²) in [6, 6.07) is 0. The number of ether oxygens (including phenoxy) is 2. The molecule has 6 N–H and O–H groups in total. The molecule has 0 radical (unpaired) electrons. The van der Waals surface area contributed by atoms with Crippen molar-refractivity contribution in [1.82, 2.24) is 0 Å². The minimum absolute atomic E-state index is 0.120. The van der Waals surface area contributed by atoms with Crippen LogP contribution < -0.4 is 0 Å². The van der Waals surface area contributed by atoms with Gasteiger partial charge in [-0.2, -0.15) is 0 Å². The number of phosphoric ester groups is 1. The quantitative estimate of drug-likeness (QED) is 0.0147. The highest BCUT2D eigenvalue weighted by atomic mass is 31.2. The molecule has 0 aromatic heterocycles. The van der Waals surface area contributed by atoms with Crippen LogP contribution >= 0.6 is 7.82 Å². The fourth-order valence-corrected chi connectivity index (χ4v) is 8.30. The average molecular weight is 1030 g/mol. The van der Waals surface area contributed by atoms with Crippen LogP contribution in [0.1, 0.15) is 168 Å². The third-order valence-electron chi connectivity index (χ3n) is 11.5. The van der Waals surface area contributed by atoms with Crippen molar-refractivity contribution in [3.8, 4) is 0 Å². The van der Waals surface area contributed by atoms with E-state index in [-0.39, 0.29) is 13.0 Å². The summed E-state index contributed by atoms with van der Waals surface area (Å²) in [7, 11) is -5.05. The molecule has 1 rings (SSSR count). The van der Waals surface area contributed by atoms with E-state index in [4.69, 9.17) is 18.5 Å². The summed E-state index contributed by atoms with van der Waals surface area (Å²) in [6.45, 7) is 3.91. The summed E-state index contributed by atoms with van der Waals surface area (Å²) >= 11 is 0. The van der Waals surface area contributed by atoms with Gasteiger partial charge in [-0.3, -0.25) is 13.8 Å². The summed E-state index contributed by atoms with van der Waals surface area (Å²) in [5.41, 5.74) is 0. The molecule has 6 atom stereocenters. The van der Waals surface area contributed by atoms with Crippen molar-refractivity contribution in [1.29, 1.82) is 0 Å². The van der Waals surface area contributed by atoms with E-state index < -0.39 is 63.1 Å². The Kier molecular flexibility index (Phi) is 43.6. The van der Waals surface area contributed by atoms with Crippen LogP contribution in [0.25, 0.3) is 0 Å². The van der Waals surface area contributed by atoms with Gasteiger partial charge in [0.1, 0.15) is 42.7 Å². The lowest BCUT2D eigenvalue weighted by atomic mass is 9.85. The molecule has 0 amide bonds. The Balaban J connectivity index is 2.39. The Morgan fingerprint density at radius 1 is 0.444 bits per heavy atom. The number of hydrogen-bond donors (Lipinski definition) is 6. The molecule has 408 valence electrons. The molecule has 0 aromatic carbocycles. The van der Waals surface area contributed by atoms with Gasteiger partial charge in [0.2, 0.25) is 0 Å². The van der Waals surface area contributed by atoms with Gasteiger partial charge in [-0.05, 0) is 109 Å². The Morgan fingerprint density at radius 3 is 1.18 bits per heavy atom. The smallest absolute Gasteiger partial charge is 0.457 e. The molecule has 1 fully saturated rings. The summed E-state index contributed by atoms with van der Waals surface area (Å²) in [5.74, 6) is -0.507. The molecule has 72 heavy (non-hydrogen) atoms. The number of phosphoric acid groups is 1. The second-order valence-corrected chi connectivity index (χ2v) is 19.4. The molecule has 1 aliphatic carbocycles. The molecule has 0 aliphatic heterocycles. The second kappa shape index (κ2) is 47.2. The monoisotopic (exact) mass is 1030 g/mol. The van der Waals surface area contributed by atoms with E-state index in [1.54, 1.807) is 0 Å². The molecule has 1 aliphatic rings. The van der Waals surface area contributed by atoms with Crippen molar-refractivity contribution in [2.75, 3.05) is 19.8 Å². The van der Waals surface area contributed by atoms with Crippen molar-refractivity contribution < 1.29 is 58.3 Å². The largest absolute Gasteiger partial charge is 0.472 e. The van der Waals surface area contributed by atoms with E-state index in [0.29, 0.717) is 13.0 Å². The SMILES string of the molecule is CC/C=C\C/C=C\C/C=C\C/C=C\C/C=C\C/C=C\C/C=C\CCCCOCC(COP(=O)(O)OC1C(O)C(O)C(O)C(O)C1O)OC(=O)CCCCCCCCCC/C=C\C/C=C\C/C=C\C/C=C\CC. The molecule has 0 bridgehead atoms. The van der Waals surface area contributed by atoms with Gasteiger partial charge in [0, 0.05) is 13.0 Å². The number of carbonyl (C=O) groups is 1. The predicted octanol–water partition coefficient (Wildman–Crippen LogP) is 12.8. The Labute approximate surface area is 434 Å². The van der Waals surface area contributed by atoms with Crippen molar-refractivity contribution in [2.45, 2.75) is 211 Å². The van der Waals surface area contributed by atoms with Crippen LogP contribution in [0, 0.1) is 0 Å². The van der Waals surface area contributed by atoms with Crippen molar-refractivity contribution in [3.05, 3.63) is 134 Å². The zero-order valence-corrected chi connectivity index (χ0v) is 44.8. The third kappa shape index (κ3) is 38.1. The second-order valence-electron chi connectivity index (χ2n) is 18.0. The predicted molar refractivity (Wildman–Crippen MR) is 294 cm³/mol. The van der Waals surface area contributed by atoms with Gasteiger partial charge in [0.05, 0.1) is 13.2 Å². The topological polar surface area (TPSA) is 192 Å². The van der Waals surface area contributed by atoms with Gasteiger partial charge < -0.3 is 39.9 Å². The number of esters is 1. The van der Waals surface area contributed by atoms with E-state index in [1.807, 2.05) is 0 Å². The van der Waals surface area contributed by atoms with E-state index in [0.717, 1.165) is 122 Å². The van der Waals surface area contributed by atoms with Crippen molar-refractivity contribution >= 4 is 13.8 Å². The van der Waals surface area contributed by atoms with Gasteiger partial charge in [-0.15, -0.1) is 0 Å². The first-order valence-electron chi connectivity index (χ1n) is 27.0. The number of hydrogen-bond acceptors (Lipinski definition) is 11. The van der Waals surface area contributed by atoms with Crippen LogP contribution in [0.5, 0.6) is 0 Å². The summed E-state index contributed by atoms with van der Waals surface area (Å²) in [5, 5.41) is 50.4. The Hall–Kier alpha value is -3.52. The van der Waals surface area contributed by atoms with Gasteiger partial charge in [-0.25, -0.2) is 4.57 Å². The molecule has 1 saturated carbocycles. The van der Waals surface area contributed by atoms with Gasteiger partial charge in [0.15, 0.2) is 0 Å². The first-order valence-corrected chi connectivity index (χ1v) is 28.5. The summed E-state index contributed by atoms with van der Waals surface area (Å²) in [4.78, 5) is 23.3. The fourth-order valence-electron chi connectivity index (χ4n) is 7.33. The van der Waals surface area contributed by atoms with E-state index in [1.165, 1.54) is 19.3 Å². The van der Waals surface area contributed by atoms with E-state index >= 15 is 0 Å². The zero-order chi connectivity index (χ0) is 52.6. The lowest BCUT2D eigenvalue weighted by molar-refractivity contribution is -0.220. The number of carbonyl (C=O) groups excluding carboxylic acids is 1. The number of allylic oxidation sites excluding steroid dienone is 22. The molecule has 12 nitrogen and oxygen atoms in total. The van der Waals surface area contributed by atoms with Crippen LogP contribution in [0.4, 0.5) is 0 Å². The third-order valence-corrected chi connectivity index (χ3v) is 12.5. The summed E-state index contributed by atoms with van der Waals surface area (Å²) < 4.78 is 34.3. The maximum atomic E-state index is 12.9. The van der Waals surface area contributed by atoms with Crippen LogP contribution in [-0.4, -0.2) is 98.9 Å². The van der Waals surface area contributed by atoms with Gasteiger partial charge in [0.25, 0.3) is 0 Å². The number of aliphatic hydroxyl groups excluding tert-OH is 5. The zero-order valence-electron chi connectivity index (χ0n) is 43.9. The molecular formula is C59H95O12P. The first kappa shape index (κ1) is 66.5. The van der Waals surface area contributed by atoms with Crippen LogP contribution in [0.15, 0.2) is 134 Å². The molecule has 0 saturated heterocycles. The molecule has 0 heterocycles. The Morgan fingerprint density at radius 2 is 0.778 bits per heavy atom. The standard InChI is InChI=1S/C59H95O12P/c1-3-5-7-9-11-13-15-17-19-21-23-25-26-27-29-31-33-35-37-39-41-43-45-47-49-68-50-52(51-69-72(66,67)71-59-57(64)55(62)54(61)56(63)58(59)65)70-53(60)48-46-44-42-40-38-36-34-32-30-28-24-22-20-18-16-14-12-10-8-6-4-2/h5-8,11-14,17-20,23-25,27-29,33,35,39,41,52,54-59,61-65H,3-4,9-10,15-16,21-22,26,30-32,34,36-38,40,42-51H2,1-2H3,(H,66,67)/b7-5-,8-6-,13-11-,14-12-,19-17-,20-18-,25-23-,28-24-,29-27-,35-33-,41-39-. The number of unbranched alkanes of at least 4 members (excludes halogenated alkanes) is 10. The molecule has 0 spiro atoms. The van der Waals surface area contributed by atoms with E-state index in [2.05, 4.69) is 148 Å². The fraction of sp³-hybridized carbons (Fsp3) is 0.610. The summed E-state index contributed by atoms with van der Waals surface area (Å²) in [6.07, 6.45) is 58.0. The maximum absolute atomic E-state index is 12.9. The van der Waals surface area contributed by atoms with Crippen LogP contribution in [-0.2, 0) is 27.9 Å². The average Bonchev–Trinajstić information content (AvgIpc) is 3.37. The van der Waals surface area contributed by atoms with Gasteiger partial charge in [-0.1, -0.05) is 186 Å². The van der Waals surface area contributed by atoms with Crippen molar-refractivity contribution in [3.63, 3.8) is 0 Å². The number of rotatable bonds is 44. The lowest BCUT2D eigenvalue weighted by Crippen LogP contribution is -2.64. The molecule has 13 heteroatoms. The first-order chi connectivity index (χ1) is 35.0.